The summed E-state index contributed by atoms with van der Waals surface area (Å²) in [7, 11) is 0. The molecule has 0 radical (unpaired) electrons. The van der Waals surface area contributed by atoms with Crippen molar-refractivity contribution in [2.75, 3.05) is 5.73 Å². The Labute approximate surface area is 265 Å². The predicted octanol–water partition coefficient (Wildman–Crippen LogP) is 9.61. The zero-order valence-corrected chi connectivity index (χ0v) is 28.0. The Balaban J connectivity index is 1.43. The summed E-state index contributed by atoms with van der Waals surface area (Å²) in [5.41, 5.74) is 11.3. The largest absolute Gasteiger partial charge is 0.382 e. The van der Waals surface area contributed by atoms with Crippen LogP contribution in [0.3, 0.4) is 0 Å². The number of amides is 1. The molecular formula is C38H55N5O. The van der Waals surface area contributed by atoms with Gasteiger partial charge in [0.1, 0.15) is 11.3 Å². The molecule has 0 aliphatic carbocycles. The number of fused-ring (bicyclic) bond motifs is 3. The maximum atomic E-state index is 13.4. The SMILES string of the molecule is CCCCCCCCCCCC(=O)N(Cc1ccc(Cn2c(CCCC)nc3c(N)nc4ccccc4c32)cc1)C(C)(C)C. The molecule has 2 aromatic carbocycles. The zero-order chi connectivity index (χ0) is 31.5. The van der Waals surface area contributed by atoms with E-state index >= 15 is 0 Å². The second kappa shape index (κ2) is 16.1. The molecule has 2 N–H and O–H groups in total. The molecular weight excluding hydrogens is 542 g/mol. The summed E-state index contributed by atoms with van der Waals surface area (Å²) < 4.78 is 2.33. The highest BCUT2D eigenvalue weighted by Gasteiger charge is 2.26. The van der Waals surface area contributed by atoms with Crippen LogP contribution in [0.1, 0.15) is 129 Å². The van der Waals surface area contributed by atoms with E-state index < -0.39 is 0 Å². The summed E-state index contributed by atoms with van der Waals surface area (Å²) >= 11 is 0. The number of unbranched alkanes of at least 4 members (excludes halogenated alkanes) is 9. The second-order valence-electron chi connectivity index (χ2n) is 13.5. The number of nitrogens with zero attached hydrogens (tertiary/aromatic N) is 4. The summed E-state index contributed by atoms with van der Waals surface area (Å²) in [6.07, 6.45) is 15.1. The van der Waals surface area contributed by atoms with E-state index in [1.807, 2.05) is 12.1 Å². The number of nitrogen functional groups attached to an aromatic ring is 1. The third kappa shape index (κ3) is 8.83. The Kier molecular flexibility index (Phi) is 12.2. The highest BCUT2D eigenvalue weighted by Crippen LogP contribution is 2.30. The van der Waals surface area contributed by atoms with Crippen molar-refractivity contribution in [3.05, 3.63) is 65.5 Å². The minimum Gasteiger partial charge on any atom is -0.382 e. The van der Waals surface area contributed by atoms with Crippen LogP contribution in [0, 0.1) is 0 Å². The highest BCUT2D eigenvalue weighted by atomic mass is 16.2. The maximum Gasteiger partial charge on any atom is 0.223 e. The lowest BCUT2D eigenvalue weighted by Crippen LogP contribution is -2.45. The van der Waals surface area contributed by atoms with Crippen LogP contribution in [0.2, 0.25) is 0 Å². The van der Waals surface area contributed by atoms with E-state index in [4.69, 9.17) is 10.7 Å². The third-order valence-electron chi connectivity index (χ3n) is 8.75. The first kappa shape index (κ1) is 33.5. The zero-order valence-electron chi connectivity index (χ0n) is 28.0. The van der Waals surface area contributed by atoms with Crippen LogP contribution in [0.25, 0.3) is 21.9 Å². The van der Waals surface area contributed by atoms with Crippen molar-refractivity contribution in [1.29, 1.82) is 0 Å². The van der Waals surface area contributed by atoms with E-state index in [1.165, 1.54) is 50.5 Å². The van der Waals surface area contributed by atoms with Gasteiger partial charge in [0.25, 0.3) is 0 Å². The summed E-state index contributed by atoms with van der Waals surface area (Å²) in [4.78, 5) is 25.0. The number of carbonyl (C=O) groups is 1. The molecule has 6 heteroatoms. The number of hydrogen-bond acceptors (Lipinski definition) is 4. The standard InChI is InChI=1S/C38H55N5O/c1-6-8-10-11-12-13-14-15-16-22-34(44)43(38(3,4)5)28-30-25-23-29(24-26-30)27-42-33(21-9-7-2)41-35-36(42)31-19-17-18-20-32(31)40-37(35)39/h17-20,23-26H,6-16,21-22,27-28H2,1-5H3,(H2,39,40). The first-order chi connectivity index (χ1) is 21.2. The number of rotatable bonds is 17. The van der Waals surface area contributed by atoms with E-state index in [-0.39, 0.29) is 11.4 Å². The molecule has 44 heavy (non-hydrogen) atoms. The molecule has 2 heterocycles. The van der Waals surface area contributed by atoms with Crippen LogP contribution >= 0.6 is 0 Å². The number of carbonyl (C=O) groups excluding carboxylic acids is 1. The number of hydrogen-bond donors (Lipinski definition) is 1. The summed E-state index contributed by atoms with van der Waals surface area (Å²) in [6.45, 7) is 12.2. The molecule has 0 fully saturated rings. The van der Waals surface area contributed by atoms with Gasteiger partial charge in [0.15, 0.2) is 5.82 Å². The molecule has 0 saturated heterocycles. The lowest BCUT2D eigenvalue weighted by Gasteiger charge is -2.36. The molecule has 0 atom stereocenters. The quantitative estimate of drug-likeness (QED) is 0.123. The van der Waals surface area contributed by atoms with Gasteiger partial charge in [-0.15, -0.1) is 0 Å². The van der Waals surface area contributed by atoms with Crippen molar-refractivity contribution in [3.8, 4) is 0 Å². The monoisotopic (exact) mass is 597 g/mol. The van der Waals surface area contributed by atoms with E-state index in [0.717, 1.165) is 65.4 Å². The van der Waals surface area contributed by atoms with Crippen molar-refractivity contribution in [2.24, 2.45) is 0 Å². The molecule has 1 amide bonds. The van der Waals surface area contributed by atoms with Gasteiger partial charge in [-0.05, 0) is 50.8 Å². The van der Waals surface area contributed by atoms with Crippen molar-refractivity contribution in [3.63, 3.8) is 0 Å². The smallest absolute Gasteiger partial charge is 0.223 e. The Morgan fingerprint density at radius 3 is 2.07 bits per heavy atom. The number of pyridine rings is 1. The lowest BCUT2D eigenvalue weighted by molar-refractivity contribution is -0.136. The van der Waals surface area contributed by atoms with Crippen LogP contribution in [0.5, 0.6) is 0 Å². The molecule has 0 unspecified atom stereocenters. The molecule has 4 rings (SSSR count). The average molecular weight is 598 g/mol. The first-order valence-corrected chi connectivity index (χ1v) is 17.1. The number of imidazole rings is 1. The predicted molar refractivity (Wildman–Crippen MR) is 186 cm³/mol. The van der Waals surface area contributed by atoms with Crippen molar-refractivity contribution >= 4 is 33.7 Å². The number of anilines is 1. The van der Waals surface area contributed by atoms with Crippen LogP contribution in [-0.2, 0) is 24.3 Å². The van der Waals surface area contributed by atoms with E-state index in [0.29, 0.717) is 25.3 Å². The van der Waals surface area contributed by atoms with Gasteiger partial charge in [-0.2, -0.15) is 0 Å². The van der Waals surface area contributed by atoms with E-state index in [2.05, 4.69) is 85.5 Å². The molecule has 6 nitrogen and oxygen atoms in total. The summed E-state index contributed by atoms with van der Waals surface area (Å²) in [6, 6.07) is 16.9. The normalized spacial score (nSPS) is 11.9. The third-order valence-corrected chi connectivity index (χ3v) is 8.75. The summed E-state index contributed by atoms with van der Waals surface area (Å²) in [5.74, 6) is 1.80. The molecule has 238 valence electrons. The molecule has 0 saturated carbocycles. The van der Waals surface area contributed by atoms with Crippen molar-refractivity contribution in [2.45, 2.75) is 137 Å². The van der Waals surface area contributed by atoms with Gasteiger partial charge in [-0.1, -0.05) is 114 Å². The van der Waals surface area contributed by atoms with Gasteiger partial charge in [0, 0.05) is 36.9 Å². The Bertz CT molecular complexity index is 1480. The van der Waals surface area contributed by atoms with E-state index in [9.17, 15) is 4.79 Å². The fourth-order valence-electron chi connectivity index (χ4n) is 6.14. The average Bonchev–Trinajstić information content (AvgIpc) is 3.36. The second-order valence-corrected chi connectivity index (χ2v) is 13.5. The van der Waals surface area contributed by atoms with Crippen LogP contribution in [-0.4, -0.2) is 30.9 Å². The number of nitrogens with two attached hydrogens (primary N) is 1. The van der Waals surface area contributed by atoms with E-state index in [1.54, 1.807) is 0 Å². The Hall–Kier alpha value is -3.41. The number of para-hydroxylation sites is 1. The molecule has 0 aliphatic heterocycles. The maximum absolute atomic E-state index is 13.4. The van der Waals surface area contributed by atoms with Gasteiger partial charge >= 0.3 is 0 Å². The fourth-order valence-corrected chi connectivity index (χ4v) is 6.14. The van der Waals surface area contributed by atoms with Crippen molar-refractivity contribution in [1.82, 2.24) is 19.4 Å². The minimum absolute atomic E-state index is 0.228. The van der Waals surface area contributed by atoms with Crippen LogP contribution in [0.4, 0.5) is 5.82 Å². The molecule has 0 bridgehead atoms. The van der Waals surface area contributed by atoms with Crippen molar-refractivity contribution < 1.29 is 4.79 Å². The lowest BCUT2D eigenvalue weighted by atomic mass is 10.0. The number of aromatic nitrogens is 3. The summed E-state index contributed by atoms with van der Waals surface area (Å²) in [5, 5.41) is 1.08. The number of benzene rings is 2. The molecule has 4 aromatic rings. The fraction of sp³-hybridized carbons (Fsp3) is 0.553. The molecule has 0 spiro atoms. The Morgan fingerprint density at radius 1 is 0.795 bits per heavy atom. The van der Waals surface area contributed by atoms with Gasteiger partial charge in [0.05, 0.1) is 11.0 Å². The Morgan fingerprint density at radius 2 is 1.41 bits per heavy atom. The van der Waals surface area contributed by atoms with Gasteiger partial charge in [0.2, 0.25) is 5.91 Å². The van der Waals surface area contributed by atoms with Crippen LogP contribution < -0.4 is 5.73 Å². The minimum atomic E-state index is -0.228. The topological polar surface area (TPSA) is 77.0 Å². The first-order valence-electron chi connectivity index (χ1n) is 17.1. The molecule has 0 aliphatic rings. The van der Waals surface area contributed by atoms with Gasteiger partial charge < -0.3 is 15.2 Å². The van der Waals surface area contributed by atoms with Gasteiger partial charge in [-0.25, -0.2) is 9.97 Å². The van der Waals surface area contributed by atoms with Crippen LogP contribution in [0.15, 0.2) is 48.5 Å². The highest BCUT2D eigenvalue weighted by molar-refractivity contribution is 6.06. The van der Waals surface area contributed by atoms with Gasteiger partial charge in [-0.3, -0.25) is 4.79 Å². The number of aryl methyl sites for hydroxylation is 1. The molecule has 2 aromatic heterocycles.